The molecule has 1 aliphatic heterocycles. The number of amides is 1. The smallest absolute Gasteiger partial charge is 0.227 e. The van der Waals surface area contributed by atoms with E-state index in [1.165, 1.54) is 0 Å². The van der Waals surface area contributed by atoms with Crippen molar-refractivity contribution in [1.29, 1.82) is 5.26 Å². The molecule has 13 heavy (non-hydrogen) atoms. The highest BCUT2D eigenvalue weighted by molar-refractivity contribution is 5.81. The predicted octanol–water partition coefficient (Wildman–Crippen LogP) is 1.40. The van der Waals surface area contributed by atoms with Gasteiger partial charge in [0.25, 0.3) is 0 Å². The molecule has 2 unspecified atom stereocenters. The van der Waals surface area contributed by atoms with Gasteiger partial charge in [0.05, 0.1) is 17.9 Å². The van der Waals surface area contributed by atoms with Gasteiger partial charge in [-0.3, -0.25) is 4.79 Å². The number of hydrogen-bond acceptors (Lipinski definition) is 2. The van der Waals surface area contributed by atoms with E-state index < -0.39 is 0 Å². The second-order valence-corrected chi connectivity index (χ2v) is 3.94. The van der Waals surface area contributed by atoms with E-state index in [0.29, 0.717) is 0 Å². The molecule has 0 radical (unpaired) electrons. The van der Waals surface area contributed by atoms with Gasteiger partial charge in [-0.1, -0.05) is 0 Å². The first-order valence-electron chi connectivity index (χ1n) is 4.78. The number of carbonyl (C=O) groups is 1. The van der Waals surface area contributed by atoms with Gasteiger partial charge in [-0.15, -0.1) is 0 Å². The zero-order valence-electron chi connectivity index (χ0n) is 8.45. The molecule has 0 N–H and O–H groups in total. The highest BCUT2D eigenvalue weighted by Crippen LogP contribution is 2.26. The summed E-state index contributed by atoms with van der Waals surface area (Å²) in [6.45, 7) is 6.66. The molecule has 1 aliphatic rings. The fraction of sp³-hybridized carbons (Fsp3) is 0.800. The first kappa shape index (κ1) is 10.0. The quantitative estimate of drug-likeness (QED) is 0.644. The molecule has 0 bridgehead atoms. The topological polar surface area (TPSA) is 44.1 Å². The van der Waals surface area contributed by atoms with Crippen LogP contribution in [0.3, 0.4) is 0 Å². The van der Waals surface area contributed by atoms with Crippen LogP contribution in [0.25, 0.3) is 0 Å². The zero-order chi connectivity index (χ0) is 10.0. The van der Waals surface area contributed by atoms with Crippen LogP contribution in [-0.4, -0.2) is 23.4 Å². The van der Waals surface area contributed by atoms with Crippen molar-refractivity contribution in [3.63, 3.8) is 0 Å². The first-order chi connectivity index (χ1) is 6.07. The van der Waals surface area contributed by atoms with Crippen molar-refractivity contribution in [2.24, 2.45) is 11.8 Å². The average Bonchev–Trinajstić information content (AvgIpc) is 2.46. The van der Waals surface area contributed by atoms with Gasteiger partial charge in [0, 0.05) is 12.6 Å². The van der Waals surface area contributed by atoms with E-state index in [1.807, 2.05) is 25.7 Å². The maximum Gasteiger partial charge on any atom is 0.227 e. The van der Waals surface area contributed by atoms with Crippen LogP contribution in [0.15, 0.2) is 0 Å². The van der Waals surface area contributed by atoms with E-state index in [9.17, 15) is 4.79 Å². The molecule has 3 nitrogen and oxygen atoms in total. The monoisotopic (exact) mass is 180 g/mol. The Balaban J connectivity index is 2.67. The third-order valence-electron chi connectivity index (χ3n) is 2.71. The number of nitriles is 1. The Labute approximate surface area is 79.3 Å². The lowest BCUT2D eigenvalue weighted by Crippen LogP contribution is -2.34. The summed E-state index contributed by atoms with van der Waals surface area (Å²) < 4.78 is 0. The molecule has 0 aromatic heterocycles. The number of likely N-dealkylation sites (tertiary alicyclic amines) is 1. The zero-order valence-corrected chi connectivity index (χ0v) is 8.45. The molecular weight excluding hydrogens is 164 g/mol. The number of hydrogen-bond donors (Lipinski definition) is 0. The van der Waals surface area contributed by atoms with Crippen LogP contribution in [0.1, 0.15) is 27.2 Å². The van der Waals surface area contributed by atoms with Gasteiger partial charge in [0.2, 0.25) is 5.91 Å². The summed E-state index contributed by atoms with van der Waals surface area (Å²) in [5.41, 5.74) is 0. The highest BCUT2D eigenvalue weighted by Gasteiger charge is 2.36. The summed E-state index contributed by atoms with van der Waals surface area (Å²) in [5.74, 6) is -0.0484. The molecule has 1 amide bonds. The molecule has 3 heteroatoms. The van der Waals surface area contributed by atoms with Crippen molar-refractivity contribution in [2.45, 2.75) is 33.2 Å². The van der Waals surface area contributed by atoms with Crippen LogP contribution < -0.4 is 0 Å². The number of nitrogens with zero attached hydrogens (tertiary/aromatic N) is 2. The van der Waals surface area contributed by atoms with Crippen LogP contribution in [-0.2, 0) is 4.79 Å². The van der Waals surface area contributed by atoms with E-state index in [0.717, 1.165) is 13.0 Å². The lowest BCUT2D eigenvalue weighted by atomic mass is 9.94. The minimum absolute atomic E-state index is 0.0626. The average molecular weight is 180 g/mol. The maximum absolute atomic E-state index is 11.7. The lowest BCUT2D eigenvalue weighted by Gasteiger charge is -2.21. The molecule has 0 aliphatic carbocycles. The van der Waals surface area contributed by atoms with Crippen molar-refractivity contribution in [3.05, 3.63) is 0 Å². The van der Waals surface area contributed by atoms with Gasteiger partial charge in [0.15, 0.2) is 0 Å². The molecule has 72 valence electrons. The van der Waals surface area contributed by atoms with Crippen LogP contribution >= 0.6 is 0 Å². The van der Waals surface area contributed by atoms with E-state index in [4.69, 9.17) is 5.26 Å². The van der Waals surface area contributed by atoms with Gasteiger partial charge < -0.3 is 4.90 Å². The van der Waals surface area contributed by atoms with E-state index in [-0.39, 0.29) is 23.8 Å². The van der Waals surface area contributed by atoms with Crippen LogP contribution in [0, 0.1) is 23.2 Å². The van der Waals surface area contributed by atoms with Gasteiger partial charge in [-0.05, 0) is 27.2 Å². The Kier molecular flexibility index (Phi) is 2.92. The Bertz CT molecular complexity index is 242. The Morgan fingerprint density at radius 2 is 2.15 bits per heavy atom. The third kappa shape index (κ3) is 1.82. The summed E-state index contributed by atoms with van der Waals surface area (Å²) in [7, 11) is 0. The summed E-state index contributed by atoms with van der Waals surface area (Å²) >= 11 is 0. The standard InChI is InChI=1S/C10H16N2O/c1-7(2)12-5-4-9(10(12)13)8(3)6-11/h7-9H,4-5H2,1-3H3. The van der Waals surface area contributed by atoms with Crippen molar-refractivity contribution in [2.75, 3.05) is 6.54 Å². The Hall–Kier alpha value is -1.04. The fourth-order valence-electron chi connectivity index (χ4n) is 1.79. The summed E-state index contributed by atoms with van der Waals surface area (Å²) in [6.07, 6.45) is 0.839. The van der Waals surface area contributed by atoms with Crippen molar-refractivity contribution >= 4 is 5.91 Å². The third-order valence-corrected chi connectivity index (χ3v) is 2.71. The second-order valence-electron chi connectivity index (χ2n) is 3.94. The SMILES string of the molecule is CC(C#N)C1CCN(C(C)C)C1=O. The first-order valence-corrected chi connectivity index (χ1v) is 4.78. The van der Waals surface area contributed by atoms with Crippen molar-refractivity contribution < 1.29 is 4.79 Å². The molecule has 1 rings (SSSR count). The van der Waals surface area contributed by atoms with Gasteiger partial charge in [-0.25, -0.2) is 0 Å². The second kappa shape index (κ2) is 3.78. The minimum Gasteiger partial charge on any atom is -0.340 e. The summed E-state index contributed by atoms with van der Waals surface area (Å²) in [5, 5.41) is 8.72. The van der Waals surface area contributed by atoms with Gasteiger partial charge >= 0.3 is 0 Å². The highest BCUT2D eigenvalue weighted by atomic mass is 16.2. The molecule has 1 fully saturated rings. The van der Waals surface area contributed by atoms with Crippen LogP contribution in [0.5, 0.6) is 0 Å². The van der Waals surface area contributed by atoms with Gasteiger partial charge in [0.1, 0.15) is 0 Å². The Morgan fingerprint density at radius 1 is 1.54 bits per heavy atom. The van der Waals surface area contributed by atoms with Crippen LogP contribution in [0.4, 0.5) is 0 Å². The number of carbonyl (C=O) groups excluding carboxylic acids is 1. The van der Waals surface area contributed by atoms with Crippen molar-refractivity contribution in [3.8, 4) is 6.07 Å². The van der Waals surface area contributed by atoms with Crippen LogP contribution in [0.2, 0.25) is 0 Å². The van der Waals surface area contributed by atoms with E-state index >= 15 is 0 Å². The molecule has 0 spiro atoms. The molecular formula is C10H16N2O. The van der Waals surface area contributed by atoms with Crippen molar-refractivity contribution in [1.82, 2.24) is 4.90 Å². The molecule has 2 atom stereocenters. The van der Waals surface area contributed by atoms with Gasteiger partial charge in [-0.2, -0.15) is 5.26 Å². The summed E-state index contributed by atoms with van der Waals surface area (Å²) in [6, 6.07) is 2.42. The van der Waals surface area contributed by atoms with E-state index in [1.54, 1.807) is 0 Å². The minimum atomic E-state index is -0.142. The molecule has 1 saturated heterocycles. The lowest BCUT2D eigenvalue weighted by molar-refractivity contribution is -0.133. The Morgan fingerprint density at radius 3 is 2.54 bits per heavy atom. The normalized spacial score (nSPS) is 25.0. The fourth-order valence-corrected chi connectivity index (χ4v) is 1.79. The predicted molar refractivity (Wildman–Crippen MR) is 49.7 cm³/mol. The number of rotatable bonds is 2. The maximum atomic E-state index is 11.7. The molecule has 0 aromatic carbocycles. The largest absolute Gasteiger partial charge is 0.340 e. The molecule has 0 saturated carbocycles. The summed E-state index contributed by atoms with van der Waals surface area (Å²) in [4.78, 5) is 13.6. The molecule has 1 heterocycles. The molecule has 0 aromatic rings. The van der Waals surface area contributed by atoms with E-state index in [2.05, 4.69) is 6.07 Å².